The van der Waals surface area contributed by atoms with Crippen molar-refractivity contribution in [2.45, 2.75) is 39.7 Å². The van der Waals surface area contributed by atoms with Crippen LogP contribution in [-0.4, -0.2) is 28.1 Å². The summed E-state index contributed by atoms with van der Waals surface area (Å²) in [4.78, 5) is 26.6. The molecule has 1 aliphatic heterocycles. The third-order valence-electron chi connectivity index (χ3n) is 6.33. The van der Waals surface area contributed by atoms with Crippen LogP contribution in [0.3, 0.4) is 0 Å². The maximum absolute atomic E-state index is 13.3. The molecule has 1 amide bonds. The Morgan fingerprint density at radius 1 is 1.23 bits per heavy atom. The van der Waals surface area contributed by atoms with Crippen LogP contribution in [0.15, 0.2) is 66.0 Å². The van der Waals surface area contributed by atoms with Crippen molar-refractivity contribution in [2.24, 2.45) is 5.41 Å². The molecule has 8 heteroatoms. The topological polar surface area (TPSA) is 85.2 Å². The molecular weight excluding hydrogens is 464 g/mol. The Morgan fingerprint density at radius 2 is 2.00 bits per heavy atom. The second-order valence-corrected chi connectivity index (χ2v) is 10.1. The molecule has 0 radical (unpaired) electrons. The predicted molar refractivity (Wildman–Crippen MR) is 136 cm³/mol. The standard InChI is InChI=1S/C27H27ClN4O3/c1-4-35-19-10-8-18(9-11-19)30-26(34)20-15-29-32-24(16-6-5-7-17(28)12-16)23-21(31-25(20)32)13-27(2,3)14-22(23)33/h5-12,15,24,31H,4,13-14H2,1-3H3,(H,30,34)/t24-/m0/s1. The van der Waals surface area contributed by atoms with Crippen molar-refractivity contribution in [3.8, 4) is 5.75 Å². The van der Waals surface area contributed by atoms with E-state index in [1.807, 2.05) is 37.3 Å². The quantitative estimate of drug-likeness (QED) is 0.469. The van der Waals surface area contributed by atoms with Gasteiger partial charge in [-0.1, -0.05) is 37.6 Å². The number of Topliss-reactive ketones (excluding diaryl/α,β-unsaturated/α-hetero) is 1. The zero-order valence-electron chi connectivity index (χ0n) is 19.9. The lowest BCUT2D eigenvalue weighted by molar-refractivity contribution is -0.118. The number of anilines is 2. The van der Waals surface area contributed by atoms with Gasteiger partial charge in [-0.05, 0) is 60.7 Å². The number of carbonyl (C=O) groups is 2. The summed E-state index contributed by atoms with van der Waals surface area (Å²) in [5.74, 6) is 1.08. The highest BCUT2D eigenvalue weighted by Gasteiger charge is 2.42. The highest BCUT2D eigenvalue weighted by Crippen LogP contribution is 2.46. The van der Waals surface area contributed by atoms with Crippen LogP contribution in [0.1, 0.15) is 55.6 Å². The third kappa shape index (κ3) is 4.44. The number of aromatic nitrogens is 2. The number of hydrogen-bond acceptors (Lipinski definition) is 5. The van der Waals surface area contributed by atoms with Crippen LogP contribution in [-0.2, 0) is 4.79 Å². The number of hydrogen-bond donors (Lipinski definition) is 2. The summed E-state index contributed by atoms with van der Waals surface area (Å²) in [6, 6.07) is 14.2. The number of rotatable bonds is 5. The molecule has 1 atom stereocenters. The molecule has 2 aliphatic rings. The number of allylic oxidation sites excluding steroid dienone is 2. The third-order valence-corrected chi connectivity index (χ3v) is 6.57. The SMILES string of the molecule is CCOc1ccc(NC(=O)c2cnn3c2NC2=C(C(=O)CC(C)(C)C2)[C@@H]3c2cccc(Cl)c2)cc1. The molecule has 2 heterocycles. The number of amides is 1. The number of halogens is 1. The van der Waals surface area contributed by atoms with Crippen LogP contribution < -0.4 is 15.4 Å². The number of nitrogens with one attached hydrogen (secondary N) is 2. The molecule has 5 rings (SSSR count). The Morgan fingerprint density at radius 3 is 2.71 bits per heavy atom. The molecule has 1 aliphatic carbocycles. The number of nitrogens with zero attached hydrogens (tertiary/aromatic N) is 2. The van der Waals surface area contributed by atoms with Gasteiger partial charge in [0.1, 0.15) is 23.2 Å². The highest BCUT2D eigenvalue weighted by molar-refractivity contribution is 6.30. The summed E-state index contributed by atoms with van der Waals surface area (Å²) in [5, 5.41) is 11.4. The average Bonchev–Trinajstić information content (AvgIpc) is 3.22. The van der Waals surface area contributed by atoms with E-state index in [0.29, 0.717) is 47.1 Å². The van der Waals surface area contributed by atoms with E-state index >= 15 is 0 Å². The first-order chi connectivity index (χ1) is 16.8. The van der Waals surface area contributed by atoms with Crippen molar-refractivity contribution in [1.29, 1.82) is 0 Å². The van der Waals surface area contributed by atoms with E-state index in [2.05, 4.69) is 29.6 Å². The second-order valence-electron chi connectivity index (χ2n) is 9.68. The van der Waals surface area contributed by atoms with Gasteiger partial charge in [0.2, 0.25) is 0 Å². The molecule has 1 aromatic heterocycles. The lowest BCUT2D eigenvalue weighted by Crippen LogP contribution is -2.37. The molecule has 0 unspecified atom stereocenters. The van der Waals surface area contributed by atoms with E-state index in [1.54, 1.807) is 22.9 Å². The van der Waals surface area contributed by atoms with Gasteiger partial charge in [0.15, 0.2) is 5.78 Å². The molecule has 3 aromatic rings. The fourth-order valence-corrected chi connectivity index (χ4v) is 5.06. The number of benzene rings is 2. The minimum absolute atomic E-state index is 0.0789. The average molecular weight is 491 g/mol. The van der Waals surface area contributed by atoms with Gasteiger partial charge in [-0.25, -0.2) is 4.68 Å². The Bertz CT molecular complexity index is 1340. The van der Waals surface area contributed by atoms with Crippen molar-refractivity contribution >= 4 is 34.8 Å². The van der Waals surface area contributed by atoms with Gasteiger partial charge in [-0.3, -0.25) is 9.59 Å². The molecule has 35 heavy (non-hydrogen) atoms. The first-order valence-corrected chi connectivity index (χ1v) is 12.0. The molecule has 2 aromatic carbocycles. The summed E-state index contributed by atoms with van der Waals surface area (Å²) in [5.41, 5.74) is 3.22. The molecule has 0 fully saturated rings. The first-order valence-electron chi connectivity index (χ1n) is 11.7. The molecule has 0 spiro atoms. The number of carbonyl (C=O) groups excluding carboxylic acids is 2. The number of ether oxygens (including phenoxy) is 1. The largest absolute Gasteiger partial charge is 0.494 e. The van der Waals surface area contributed by atoms with Crippen LogP contribution in [0, 0.1) is 5.41 Å². The van der Waals surface area contributed by atoms with Gasteiger partial charge in [-0.2, -0.15) is 5.10 Å². The summed E-state index contributed by atoms with van der Waals surface area (Å²) in [6.07, 6.45) is 2.68. The van der Waals surface area contributed by atoms with E-state index in [1.165, 1.54) is 6.20 Å². The fraction of sp³-hybridized carbons (Fsp3) is 0.296. The molecule has 0 saturated carbocycles. The Hall–Kier alpha value is -3.58. The van der Waals surface area contributed by atoms with Crippen molar-refractivity contribution in [2.75, 3.05) is 17.2 Å². The fourth-order valence-electron chi connectivity index (χ4n) is 4.86. The number of fused-ring (bicyclic) bond motifs is 1. The van der Waals surface area contributed by atoms with Crippen LogP contribution in [0.25, 0.3) is 0 Å². The van der Waals surface area contributed by atoms with E-state index in [9.17, 15) is 9.59 Å². The molecule has 0 saturated heterocycles. The van der Waals surface area contributed by atoms with Crippen LogP contribution in [0.2, 0.25) is 5.02 Å². The van der Waals surface area contributed by atoms with Crippen molar-refractivity contribution in [3.05, 3.63) is 82.1 Å². The van der Waals surface area contributed by atoms with Crippen LogP contribution in [0.4, 0.5) is 11.5 Å². The molecule has 0 bridgehead atoms. The lowest BCUT2D eigenvalue weighted by atomic mass is 9.73. The van der Waals surface area contributed by atoms with E-state index in [-0.39, 0.29) is 17.1 Å². The van der Waals surface area contributed by atoms with E-state index < -0.39 is 6.04 Å². The second kappa shape index (κ2) is 8.89. The summed E-state index contributed by atoms with van der Waals surface area (Å²) in [7, 11) is 0. The highest BCUT2D eigenvalue weighted by atomic mass is 35.5. The van der Waals surface area contributed by atoms with Gasteiger partial charge in [0.25, 0.3) is 5.91 Å². The van der Waals surface area contributed by atoms with Crippen molar-refractivity contribution < 1.29 is 14.3 Å². The maximum Gasteiger partial charge on any atom is 0.261 e. The Kier molecular flexibility index (Phi) is 5.89. The maximum atomic E-state index is 13.3. The normalized spacial score (nSPS) is 18.4. The Balaban J connectivity index is 1.53. The smallest absolute Gasteiger partial charge is 0.261 e. The summed E-state index contributed by atoms with van der Waals surface area (Å²) >= 11 is 6.31. The monoisotopic (exact) mass is 490 g/mol. The summed E-state index contributed by atoms with van der Waals surface area (Å²) in [6.45, 7) is 6.65. The van der Waals surface area contributed by atoms with Gasteiger partial charge in [0, 0.05) is 28.4 Å². The van der Waals surface area contributed by atoms with Gasteiger partial charge in [0.05, 0.1) is 12.8 Å². The predicted octanol–water partition coefficient (Wildman–Crippen LogP) is 5.85. The van der Waals surface area contributed by atoms with Gasteiger partial charge < -0.3 is 15.4 Å². The molecular formula is C27H27ClN4O3. The lowest BCUT2D eigenvalue weighted by Gasteiger charge is -2.39. The molecule has 7 nitrogen and oxygen atoms in total. The van der Waals surface area contributed by atoms with Crippen molar-refractivity contribution in [3.63, 3.8) is 0 Å². The van der Waals surface area contributed by atoms with Crippen LogP contribution >= 0.6 is 11.6 Å². The van der Waals surface area contributed by atoms with Crippen molar-refractivity contribution in [1.82, 2.24) is 9.78 Å². The van der Waals surface area contributed by atoms with Gasteiger partial charge in [-0.15, -0.1) is 0 Å². The van der Waals surface area contributed by atoms with E-state index in [0.717, 1.165) is 17.0 Å². The minimum Gasteiger partial charge on any atom is -0.494 e. The van der Waals surface area contributed by atoms with Gasteiger partial charge >= 0.3 is 0 Å². The molecule has 180 valence electrons. The zero-order chi connectivity index (χ0) is 24.7. The van der Waals surface area contributed by atoms with Crippen LogP contribution in [0.5, 0.6) is 5.75 Å². The first kappa shape index (κ1) is 23.2. The Labute approximate surface area is 209 Å². The zero-order valence-corrected chi connectivity index (χ0v) is 20.6. The summed E-state index contributed by atoms with van der Waals surface area (Å²) < 4.78 is 7.19. The minimum atomic E-state index is -0.462. The molecule has 2 N–H and O–H groups in total. The van der Waals surface area contributed by atoms with E-state index in [4.69, 9.17) is 16.3 Å². The number of ketones is 1.